The highest BCUT2D eigenvalue weighted by molar-refractivity contribution is 9.10. The first-order valence-electron chi connectivity index (χ1n) is 3.59. The van der Waals surface area contributed by atoms with Crippen LogP contribution < -0.4 is 5.73 Å². The lowest BCUT2D eigenvalue weighted by Gasteiger charge is -2.00. The molecule has 13 heavy (non-hydrogen) atoms. The third-order valence-corrected chi connectivity index (χ3v) is 3.45. The predicted molar refractivity (Wildman–Crippen MR) is 58.7 cm³/mol. The lowest BCUT2D eigenvalue weighted by atomic mass is 10.1. The zero-order valence-corrected chi connectivity index (χ0v) is 8.95. The first kappa shape index (κ1) is 8.54. The van der Waals surface area contributed by atoms with Gasteiger partial charge in [-0.25, -0.2) is 0 Å². The molecule has 4 heteroatoms. The van der Waals surface area contributed by atoms with Crippen LogP contribution in [0.25, 0.3) is 10.1 Å². The minimum atomic E-state index is 0.664. The summed E-state index contributed by atoms with van der Waals surface area (Å²) in [5.74, 6) is 0. The van der Waals surface area contributed by atoms with Crippen molar-refractivity contribution in [2.24, 2.45) is 0 Å². The second kappa shape index (κ2) is 3.02. The van der Waals surface area contributed by atoms with Crippen molar-refractivity contribution in [3.63, 3.8) is 0 Å². The number of nitriles is 1. The van der Waals surface area contributed by atoms with Crippen LogP contribution >= 0.6 is 27.3 Å². The molecule has 0 fully saturated rings. The van der Waals surface area contributed by atoms with E-state index >= 15 is 0 Å². The summed E-state index contributed by atoms with van der Waals surface area (Å²) in [4.78, 5) is 0. The highest BCUT2D eigenvalue weighted by Gasteiger charge is 2.08. The Labute approximate surface area is 87.7 Å². The normalized spacial score (nSPS) is 10.2. The quantitative estimate of drug-likeness (QED) is 0.733. The maximum Gasteiger partial charge on any atom is 0.0998 e. The molecular formula is C9H5BrN2S. The van der Waals surface area contributed by atoms with Gasteiger partial charge in [0.25, 0.3) is 0 Å². The minimum Gasteiger partial charge on any atom is -0.397 e. The number of nitrogens with two attached hydrogens (primary N) is 1. The number of nitrogens with zero attached hydrogens (tertiary/aromatic N) is 1. The fourth-order valence-corrected chi connectivity index (χ4v) is 2.65. The van der Waals surface area contributed by atoms with Crippen LogP contribution in [-0.4, -0.2) is 0 Å². The van der Waals surface area contributed by atoms with Gasteiger partial charge < -0.3 is 5.73 Å². The van der Waals surface area contributed by atoms with E-state index in [9.17, 15) is 0 Å². The van der Waals surface area contributed by atoms with Gasteiger partial charge in [-0.05, 0) is 33.4 Å². The third kappa shape index (κ3) is 1.21. The van der Waals surface area contributed by atoms with E-state index in [-0.39, 0.29) is 0 Å². The molecule has 0 saturated heterocycles. The molecule has 0 amide bonds. The van der Waals surface area contributed by atoms with E-state index < -0.39 is 0 Å². The second-order valence-corrected chi connectivity index (χ2v) is 4.37. The van der Waals surface area contributed by atoms with E-state index in [4.69, 9.17) is 11.0 Å². The summed E-state index contributed by atoms with van der Waals surface area (Å²) in [6, 6.07) is 5.82. The number of rotatable bonds is 0. The molecule has 1 heterocycles. The van der Waals surface area contributed by atoms with Gasteiger partial charge >= 0.3 is 0 Å². The maximum atomic E-state index is 8.86. The van der Waals surface area contributed by atoms with E-state index in [1.165, 1.54) is 0 Å². The van der Waals surface area contributed by atoms with Crippen molar-refractivity contribution in [1.82, 2.24) is 0 Å². The fourth-order valence-electron chi connectivity index (χ4n) is 1.21. The SMILES string of the molecule is N#Cc1cc(Br)c(N)c2sccc12. The Morgan fingerprint density at radius 2 is 2.31 bits per heavy atom. The number of fused-ring (bicyclic) bond motifs is 1. The van der Waals surface area contributed by atoms with Crippen LogP contribution in [0.5, 0.6) is 0 Å². The van der Waals surface area contributed by atoms with Crippen LogP contribution in [0.3, 0.4) is 0 Å². The number of benzene rings is 1. The number of anilines is 1. The van der Waals surface area contributed by atoms with Crippen molar-refractivity contribution in [2.75, 3.05) is 5.73 Å². The van der Waals surface area contributed by atoms with E-state index in [0.29, 0.717) is 11.3 Å². The molecule has 0 saturated carbocycles. The molecule has 1 aromatic heterocycles. The molecule has 2 rings (SSSR count). The van der Waals surface area contributed by atoms with Gasteiger partial charge in [0.1, 0.15) is 0 Å². The number of thiophene rings is 1. The molecule has 64 valence electrons. The summed E-state index contributed by atoms with van der Waals surface area (Å²) in [7, 11) is 0. The number of hydrogen-bond acceptors (Lipinski definition) is 3. The molecule has 0 radical (unpaired) electrons. The largest absolute Gasteiger partial charge is 0.397 e. The van der Waals surface area contributed by atoms with Crippen LogP contribution in [0.4, 0.5) is 5.69 Å². The highest BCUT2D eigenvalue weighted by Crippen LogP contribution is 2.35. The molecule has 2 N–H and O–H groups in total. The highest BCUT2D eigenvalue weighted by atomic mass is 79.9. The number of nitrogen functional groups attached to an aromatic ring is 1. The van der Waals surface area contributed by atoms with Crippen LogP contribution in [0, 0.1) is 11.3 Å². The molecule has 0 aliphatic rings. The first-order chi connectivity index (χ1) is 6.24. The molecule has 0 aliphatic carbocycles. The van der Waals surface area contributed by atoms with Gasteiger partial charge in [0.2, 0.25) is 0 Å². The van der Waals surface area contributed by atoms with Crippen LogP contribution in [0.1, 0.15) is 5.56 Å². The molecule has 0 atom stereocenters. The average Bonchev–Trinajstić information content (AvgIpc) is 2.60. The summed E-state index contributed by atoms with van der Waals surface area (Å²) in [6.45, 7) is 0. The van der Waals surface area contributed by atoms with Crippen molar-refractivity contribution in [2.45, 2.75) is 0 Å². The van der Waals surface area contributed by atoms with Crippen LogP contribution in [-0.2, 0) is 0 Å². The zero-order chi connectivity index (χ0) is 9.42. The smallest absolute Gasteiger partial charge is 0.0998 e. The predicted octanol–water partition coefficient (Wildman–Crippen LogP) is 3.12. The van der Waals surface area contributed by atoms with Crippen molar-refractivity contribution in [3.05, 3.63) is 27.5 Å². The van der Waals surface area contributed by atoms with Gasteiger partial charge in [-0.2, -0.15) is 5.26 Å². The number of halogens is 1. The lowest BCUT2D eigenvalue weighted by Crippen LogP contribution is -1.88. The minimum absolute atomic E-state index is 0.664. The van der Waals surface area contributed by atoms with E-state index in [2.05, 4.69) is 22.0 Å². The van der Waals surface area contributed by atoms with Crippen molar-refractivity contribution in [1.29, 1.82) is 5.26 Å². The third-order valence-electron chi connectivity index (χ3n) is 1.85. The molecule has 2 nitrogen and oxygen atoms in total. The van der Waals surface area contributed by atoms with Gasteiger partial charge in [0.05, 0.1) is 22.0 Å². The summed E-state index contributed by atoms with van der Waals surface area (Å²) >= 11 is 4.87. The van der Waals surface area contributed by atoms with Crippen LogP contribution in [0.15, 0.2) is 22.0 Å². The Balaban J connectivity index is 2.97. The summed E-state index contributed by atoms with van der Waals surface area (Å²) in [6.07, 6.45) is 0. The topological polar surface area (TPSA) is 49.8 Å². The van der Waals surface area contributed by atoms with Gasteiger partial charge in [-0.1, -0.05) is 0 Å². The molecule has 2 aromatic rings. The molecule has 0 spiro atoms. The van der Waals surface area contributed by atoms with Crippen molar-refractivity contribution < 1.29 is 0 Å². The second-order valence-electron chi connectivity index (χ2n) is 2.59. The Bertz CT molecular complexity index is 510. The maximum absolute atomic E-state index is 8.86. The summed E-state index contributed by atoms with van der Waals surface area (Å²) in [5.41, 5.74) is 7.22. The monoisotopic (exact) mass is 252 g/mol. The zero-order valence-electron chi connectivity index (χ0n) is 6.54. The Morgan fingerprint density at radius 3 is 3.00 bits per heavy atom. The van der Waals surface area contributed by atoms with E-state index in [1.54, 1.807) is 17.4 Å². The van der Waals surface area contributed by atoms with Crippen LogP contribution in [0.2, 0.25) is 0 Å². The van der Waals surface area contributed by atoms with Gasteiger partial charge in [-0.15, -0.1) is 11.3 Å². The first-order valence-corrected chi connectivity index (χ1v) is 5.26. The fraction of sp³-hybridized carbons (Fsp3) is 0. The average molecular weight is 253 g/mol. The van der Waals surface area contributed by atoms with Crippen molar-refractivity contribution in [3.8, 4) is 6.07 Å². The summed E-state index contributed by atoms with van der Waals surface area (Å²) < 4.78 is 1.77. The molecule has 0 bridgehead atoms. The Kier molecular flexibility index (Phi) is 1.98. The van der Waals surface area contributed by atoms with E-state index in [1.807, 2.05) is 11.4 Å². The molecule has 0 aliphatic heterocycles. The van der Waals surface area contributed by atoms with Crippen molar-refractivity contribution >= 4 is 43.0 Å². The number of hydrogen-bond donors (Lipinski definition) is 1. The molecule has 1 aromatic carbocycles. The summed E-state index contributed by atoms with van der Waals surface area (Å²) in [5, 5.41) is 11.7. The lowest BCUT2D eigenvalue weighted by molar-refractivity contribution is 1.50. The van der Waals surface area contributed by atoms with Gasteiger partial charge in [0, 0.05) is 9.86 Å². The van der Waals surface area contributed by atoms with E-state index in [0.717, 1.165) is 14.6 Å². The van der Waals surface area contributed by atoms with Gasteiger partial charge in [-0.3, -0.25) is 0 Å². The standard InChI is InChI=1S/C9H5BrN2S/c10-7-3-5(4-11)6-1-2-13-9(6)8(7)12/h1-3H,12H2. The molecule has 0 unspecified atom stereocenters. The molecular weight excluding hydrogens is 248 g/mol. The Hall–Kier alpha value is -1.05. The Morgan fingerprint density at radius 1 is 1.54 bits per heavy atom. The van der Waals surface area contributed by atoms with Gasteiger partial charge in [0.15, 0.2) is 0 Å².